The summed E-state index contributed by atoms with van der Waals surface area (Å²) < 4.78 is 10.5. The number of hydrogen-bond donors (Lipinski definition) is 1. The minimum Gasteiger partial charge on any atom is -0.489 e. The fourth-order valence-electron chi connectivity index (χ4n) is 2.54. The molecular weight excluding hydrogens is 356 g/mol. The van der Waals surface area contributed by atoms with Crippen LogP contribution in [-0.4, -0.2) is 30.0 Å². The van der Waals surface area contributed by atoms with Crippen molar-refractivity contribution in [1.82, 2.24) is 10.3 Å². The van der Waals surface area contributed by atoms with Crippen LogP contribution >= 0.6 is 0 Å². The van der Waals surface area contributed by atoms with Gasteiger partial charge in [0.25, 0.3) is 0 Å². The van der Waals surface area contributed by atoms with Gasteiger partial charge in [0.2, 0.25) is 5.91 Å². The van der Waals surface area contributed by atoms with E-state index in [1.165, 1.54) is 13.2 Å². The van der Waals surface area contributed by atoms with Crippen molar-refractivity contribution in [2.45, 2.75) is 32.9 Å². The standard InChI is InChI=1S/C22H26N2O4/c1-16(2)13-20(22(26)27-3)24-21(25)11-8-17-6-9-19(10-7-17)28-15-18-5-4-12-23-14-18/h4-12,14,16,20H,13,15H2,1-3H3,(H,24,25)/b11-8+. The highest BCUT2D eigenvalue weighted by molar-refractivity contribution is 5.94. The van der Waals surface area contributed by atoms with Gasteiger partial charge in [-0.3, -0.25) is 9.78 Å². The minimum absolute atomic E-state index is 0.257. The lowest BCUT2D eigenvalue weighted by Crippen LogP contribution is -2.41. The Balaban J connectivity index is 1.88. The second-order valence-electron chi connectivity index (χ2n) is 6.77. The molecule has 0 aliphatic carbocycles. The number of rotatable bonds is 9. The maximum atomic E-state index is 12.1. The van der Waals surface area contributed by atoms with Crippen LogP contribution in [0.2, 0.25) is 0 Å². The van der Waals surface area contributed by atoms with E-state index >= 15 is 0 Å². The Labute approximate surface area is 165 Å². The zero-order valence-electron chi connectivity index (χ0n) is 16.4. The normalized spacial score (nSPS) is 12.0. The molecule has 1 atom stereocenters. The first-order chi connectivity index (χ1) is 13.5. The molecule has 0 radical (unpaired) electrons. The fourth-order valence-corrected chi connectivity index (χ4v) is 2.54. The SMILES string of the molecule is COC(=O)C(CC(C)C)NC(=O)/C=C/c1ccc(OCc2cccnc2)cc1. The number of aromatic nitrogens is 1. The monoisotopic (exact) mass is 382 g/mol. The van der Waals surface area contributed by atoms with Crippen LogP contribution in [0.25, 0.3) is 6.08 Å². The summed E-state index contributed by atoms with van der Waals surface area (Å²) in [5.41, 5.74) is 1.84. The number of nitrogens with one attached hydrogen (secondary N) is 1. The average Bonchev–Trinajstić information content (AvgIpc) is 2.71. The van der Waals surface area contributed by atoms with Crippen LogP contribution in [0.5, 0.6) is 5.75 Å². The molecule has 0 aliphatic heterocycles. The smallest absolute Gasteiger partial charge is 0.328 e. The number of ether oxygens (including phenoxy) is 2. The van der Waals surface area contributed by atoms with Gasteiger partial charge in [0.05, 0.1) is 7.11 Å². The van der Waals surface area contributed by atoms with E-state index in [0.717, 1.165) is 16.9 Å². The summed E-state index contributed by atoms with van der Waals surface area (Å²) in [4.78, 5) is 27.9. The number of carbonyl (C=O) groups is 2. The van der Waals surface area contributed by atoms with Crippen LogP contribution in [0, 0.1) is 5.92 Å². The molecule has 0 fully saturated rings. The molecule has 1 heterocycles. The Bertz CT molecular complexity index is 786. The molecule has 148 valence electrons. The van der Waals surface area contributed by atoms with Gasteiger partial charge in [0.15, 0.2) is 0 Å². The number of nitrogens with zero attached hydrogens (tertiary/aromatic N) is 1. The third kappa shape index (κ3) is 7.23. The van der Waals surface area contributed by atoms with Gasteiger partial charge in [-0.15, -0.1) is 0 Å². The maximum absolute atomic E-state index is 12.1. The lowest BCUT2D eigenvalue weighted by Gasteiger charge is -2.17. The molecule has 6 nitrogen and oxygen atoms in total. The number of pyridine rings is 1. The van der Waals surface area contributed by atoms with Crippen molar-refractivity contribution in [2.75, 3.05) is 7.11 Å². The van der Waals surface area contributed by atoms with Crippen molar-refractivity contribution in [3.63, 3.8) is 0 Å². The van der Waals surface area contributed by atoms with Gasteiger partial charge in [-0.25, -0.2) is 4.79 Å². The van der Waals surface area contributed by atoms with E-state index < -0.39 is 12.0 Å². The zero-order chi connectivity index (χ0) is 20.4. The molecule has 0 aliphatic rings. The van der Waals surface area contributed by atoms with E-state index in [2.05, 4.69) is 10.3 Å². The molecule has 0 saturated carbocycles. The molecule has 28 heavy (non-hydrogen) atoms. The van der Waals surface area contributed by atoms with Gasteiger partial charge >= 0.3 is 5.97 Å². The number of hydrogen-bond acceptors (Lipinski definition) is 5. The largest absolute Gasteiger partial charge is 0.489 e. The third-order valence-electron chi connectivity index (χ3n) is 3.94. The quantitative estimate of drug-likeness (QED) is 0.531. The second-order valence-corrected chi connectivity index (χ2v) is 6.77. The van der Waals surface area contributed by atoms with Gasteiger partial charge in [0, 0.05) is 24.0 Å². The summed E-state index contributed by atoms with van der Waals surface area (Å²) in [6.45, 7) is 4.40. The zero-order valence-corrected chi connectivity index (χ0v) is 16.4. The number of esters is 1. The van der Waals surface area contributed by atoms with Crippen molar-refractivity contribution < 1.29 is 19.1 Å². The average molecular weight is 382 g/mol. The molecule has 6 heteroatoms. The van der Waals surface area contributed by atoms with E-state index in [0.29, 0.717) is 13.0 Å². The van der Waals surface area contributed by atoms with Gasteiger partial charge in [-0.2, -0.15) is 0 Å². The van der Waals surface area contributed by atoms with Crippen LogP contribution < -0.4 is 10.1 Å². The Morgan fingerprint density at radius 3 is 2.54 bits per heavy atom. The first kappa shape index (κ1) is 21.2. The van der Waals surface area contributed by atoms with Gasteiger partial charge in [-0.1, -0.05) is 32.0 Å². The molecule has 1 aromatic heterocycles. The fraction of sp³-hybridized carbons (Fsp3) is 0.318. The minimum atomic E-state index is -0.648. The summed E-state index contributed by atoms with van der Waals surface area (Å²) in [6.07, 6.45) is 7.09. The summed E-state index contributed by atoms with van der Waals surface area (Å²) in [5, 5.41) is 2.69. The van der Waals surface area contributed by atoms with Crippen LogP contribution in [-0.2, 0) is 20.9 Å². The van der Waals surface area contributed by atoms with Crippen LogP contribution in [0.15, 0.2) is 54.9 Å². The van der Waals surface area contributed by atoms with E-state index in [1.54, 1.807) is 18.5 Å². The molecule has 0 bridgehead atoms. The second kappa shape index (κ2) is 10.9. The lowest BCUT2D eigenvalue weighted by atomic mass is 10.0. The lowest BCUT2D eigenvalue weighted by molar-refractivity contribution is -0.145. The van der Waals surface area contributed by atoms with Crippen LogP contribution in [0.3, 0.4) is 0 Å². The summed E-state index contributed by atoms with van der Waals surface area (Å²) >= 11 is 0. The summed E-state index contributed by atoms with van der Waals surface area (Å²) in [7, 11) is 1.32. The van der Waals surface area contributed by atoms with Gasteiger partial charge in [0.1, 0.15) is 18.4 Å². The molecule has 1 unspecified atom stereocenters. The third-order valence-corrected chi connectivity index (χ3v) is 3.94. The predicted octanol–water partition coefficient (Wildman–Crippen LogP) is 3.38. The molecule has 1 N–H and O–H groups in total. The molecule has 1 amide bonds. The van der Waals surface area contributed by atoms with Gasteiger partial charge in [-0.05, 0) is 42.2 Å². The highest BCUT2D eigenvalue weighted by Crippen LogP contribution is 2.15. The number of amides is 1. The topological polar surface area (TPSA) is 77.5 Å². The highest BCUT2D eigenvalue weighted by Gasteiger charge is 2.21. The molecule has 2 aromatic rings. The van der Waals surface area contributed by atoms with Crippen LogP contribution in [0.4, 0.5) is 0 Å². The number of benzene rings is 1. The molecular formula is C22H26N2O4. The van der Waals surface area contributed by atoms with Crippen molar-refractivity contribution in [3.05, 3.63) is 66.0 Å². The van der Waals surface area contributed by atoms with Gasteiger partial charge < -0.3 is 14.8 Å². The Kier molecular flexibility index (Phi) is 8.21. The molecule has 2 rings (SSSR count). The summed E-state index contributed by atoms with van der Waals surface area (Å²) in [5.74, 6) is 0.208. The van der Waals surface area contributed by atoms with Crippen LogP contribution in [0.1, 0.15) is 31.4 Å². The summed E-state index contributed by atoms with van der Waals surface area (Å²) in [6, 6.07) is 10.6. The van der Waals surface area contributed by atoms with E-state index in [4.69, 9.17) is 9.47 Å². The molecule has 1 aromatic carbocycles. The predicted molar refractivity (Wildman–Crippen MR) is 107 cm³/mol. The molecule has 0 saturated heterocycles. The van der Waals surface area contributed by atoms with Crippen molar-refractivity contribution in [1.29, 1.82) is 0 Å². The first-order valence-electron chi connectivity index (χ1n) is 9.16. The van der Waals surface area contributed by atoms with E-state index in [-0.39, 0.29) is 11.8 Å². The number of carbonyl (C=O) groups excluding carboxylic acids is 2. The van der Waals surface area contributed by atoms with Crippen molar-refractivity contribution in [3.8, 4) is 5.75 Å². The van der Waals surface area contributed by atoms with Crippen molar-refractivity contribution in [2.24, 2.45) is 5.92 Å². The molecule has 0 spiro atoms. The van der Waals surface area contributed by atoms with Crippen molar-refractivity contribution >= 4 is 18.0 Å². The highest BCUT2D eigenvalue weighted by atomic mass is 16.5. The Morgan fingerprint density at radius 2 is 1.93 bits per heavy atom. The van der Waals surface area contributed by atoms with E-state index in [9.17, 15) is 9.59 Å². The maximum Gasteiger partial charge on any atom is 0.328 e. The van der Waals surface area contributed by atoms with E-state index in [1.807, 2.05) is 50.2 Å². The first-order valence-corrected chi connectivity index (χ1v) is 9.16. The Morgan fingerprint density at radius 1 is 1.18 bits per heavy atom. The Hall–Kier alpha value is -3.15. The number of methoxy groups -OCH3 is 1.